The van der Waals surface area contributed by atoms with E-state index in [9.17, 15) is 9.50 Å². The van der Waals surface area contributed by atoms with E-state index in [1.807, 2.05) is 6.92 Å². The fourth-order valence-electron chi connectivity index (χ4n) is 1.78. The molecule has 5 heteroatoms. The van der Waals surface area contributed by atoms with Gasteiger partial charge in [-0.3, -0.25) is 4.68 Å². The van der Waals surface area contributed by atoms with E-state index in [-0.39, 0.29) is 0 Å². The molecule has 1 heterocycles. The lowest BCUT2D eigenvalue weighted by Gasteiger charge is -2.10. The first-order valence-corrected chi connectivity index (χ1v) is 6.15. The van der Waals surface area contributed by atoms with Crippen LogP contribution in [0, 0.1) is 5.82 Å². The summed E-state index contributed by atoms with van der Waals surface area (Å²) in [6, 6.07) is 3.94. The Morgan fingerprint density at radius 1 is 1.50 bits per heavy atom. The second kappa shape index (κ2) is 5.50. The highest BCUT2D eigenvalue weighted by atomic mass is 35.5. The number of aryl methyl sites for hydroxylation is 1. The number of hydrogen-bond donors (Lipinski definition) is 1. The van der Waals surface area contributed by atoms with Gasteiger partial charge >= 0.3 is 0 Å². The first-order chi connectivity index (χ1) is 8.61. The van der Waals surface area contributed by atoms with Crippen molar-refractivity contribution in [2.45, 2.75) is 26.0 Å². The molecular formula is C13H14ClFN2O. The lowest BCUT2D eigenvalue weighted by molar-refractivity contribution is 0.219. The lowest BCUT2D eigenvalue weighted by Crippen LogP contribution is -2.01. The molecule has 96 valence electrons. The first-order valence-electron chi connectivity index (χ1n) is 5.77. The Morgan fingerprint density at radius 3 is 3.00 bits per heavy atom. The van der Waals surface area contributed by atoms with Gasteiger partial charge in [-0.05, 0) is 24.6 Å². The number of hydrogen-bond acceptors (Lipinski definition) is 2. The average molecular weight is 269 g/mol. The lowest BCUT2D eigenvalue weighted by atomic mass is 10.0. The van der Waals surface area contributed by atoms with Gasteiger partial charge in [-0.25, -0.2) is 4.39 Å². The Kier molecular flexibility index (Phi) is 3.99. The van der Waals surface area contributed by atoms with E-state index in [4.69, 9.17) is 11.6 Å². The van der Waals surface area contributed by atoms with Gasteiger partial charge in [0.1, 0.15) is 11.9 Å². The summed E-state index contributed by atoms with van der Waals surface area (Å²) in [5.74, 6) is -0.422. The van der Waals surface area contributed by atoms with Crippen LogP contribution in [0.4, 0.5) is 4.39 Å². The maximum Gasteiger partial charge on any atom is 0.123 e. The third-order valence-electron chi connectivity index (χ3n) is 2.67. The largest absolute Gasteiger partial charge is 0.383 e. The van der Waals surface area contributed by atoms with Crippen LogP contribution in [0.2, 0.25) is 5.02 Å². The highest BCUT2D eigenvalue weighted by Gasteiger charge is 2.16. The van der Waals surface area contributed by atoms with Crippen molar-refractivity contribution in [1.82, 2.24) is 9.78 Å². The Labute approximate surface area is 110 Å². The Hall–Kier alpha value is -1.39. The number of aliphatic hydroxyl groups excluding tert-OH is 1. The molecule has 0 saturated carbocycles. The maximum absolute atomic E-state index is 13.2. The number of aromatic nitrogens is 2. The molecule has 0 radical (unpaired) electrons. The molecule has 2 rings (SSSR count). The van der Waals surface area contributed by atoms with Crippen molar-refractivity contribution < 1.29 is 9.50 Å². The smallest absolute Gasteiger partial charge is 0.123 e. The maximum atomic E-state index is 13.2. The summed E-state index contributed by atoms with van der Waals surface area (Å²) in [4.78, 5) is 0. The zero-order valence-electron chi connectivity index (χ0n) is 9.98. The Morgan fingerprint density at radius 2 is 2.28 bits per heavy atom. The van der Waals surface area contributed by atoms with Gasteiger partial charge in [-0.15, -0.1) is 0 Å². The molecule has 1 aromatic carbocycles. The van der Waals surface area contributed by atoms with Gasteiger partial charge in [0.15, 0.2) is 0 Å². The predicted molar refractivity (Wildman–Crippen MR) is 68.0 cm³/mol. The summed E-state index contributed by atoms with van der Waals surface area (Å²) in [5, 5.41) is 14.6. The Balaban J connectivity index is 2.29. The number of halogens is 2. The number of aliphatic hydroxyl groups is 1. The van der Waals surface area contributed by atoms with Crippen LogP contribution in [0.15, 0.2) is 30.6 Å². The summed E-state index contributed by atoms with van der Waals surface area (Å²) < 4.78 is 14.9. The van der Waals surface area contributed by atoms with Gasteiger partial charge in [0, 0.05) is 28.9 Å². The molecule has 2 aromatic rings. The van der Waals surface area contributed by atoms with Crippen molar-refractivity contribution in [2.24, 2.45) is 0 Å². The van der Waals surface area contributed by atoms with Crippen LogP contribution < -0.4 is 0 Å². The van der Waals surface area contributed by atoms with E-state index < -0.39 is 11.9 Å². The van der Waals surface area contributed by atoms with E-state index in [1.165, 1.54) is 18.2 Å². The predicted octanol–water partition coefficient (Wildman–Crippen LogP) is 3.17. The fraction of sp³-hybridized carbons (Fsp3) is 0.308. The topological polar surface area (TPSA) is 38.0 Å². The van der Waals surface area contributed by atoms with Crippen LogP contribution in [0.3, 0.4) is 0 Å². The average Bonchev–Trinajstić information content (AvgIpc) is 2.80. The minimum Gasteiger partial charge on any atom is -0.383 e. The molecule has 1 N–H and O–H groups in total. The van der Waals surface area contributed by atoms with E-state index >= 15 is 0 Å². The van der Waals surface area contributed by atoms with Crippen molar-refractivity contribution in [1.29, 1.82) is 0 Å². The molecule has 1 atom stereocenters. The van der Waals surface area contributed by atoms with Crippen LogP contribution in [-0.4, -0.2) is 14.9 Å². The molecule has 0 fully saturated rings. The molecule has 0 aliphatic carbocycles. The summed E-state index contributed by atoms with van der Waals surface area (Å²) in [6.45, 7) is 2.82. The third-order valence-corrected chi connectivity index (χ3v) is 3.02. The highest BCUT2D eigenvalue weighted by Crippen LogP contribution is 2.28. The Bertz CT molecular complexity index is 542. The van der Waals surface area contributed by atoms with Crippen LogP contribution >= 0.6 is 11.6 Å². The molecule has 0 amide bonds. The van der Waals surface area contributed by atoms with Crippen LogP contribution in [-0.2, 0) is 6.54 Å². The number of rotatable bonds is 4. The van der Waals surface area contributed by atoms with Crippen LogP contribution in [0.5, 0.6) is 0 Å². The zero-order valence-corrected chi connectivity index (χ0v) is 10.7. The molecule has 0 aliphatic heterocycles. The normalized spacial score (nSPS) is 12.7. The molecule has 18 heavy (non-hydrogen) atoms. The summed E-state index contributed by atoms with van der Waals surface area (Å²) in [5.41, 5.74) is 0.962. The van der Waals surface area contributed by atoms with Gasteiger partial charge in [-0.1, -0.05) is 18.5 Å². The summed E-state index contributed by atoms with van der Waals surface area (Å²) in [7, 11) is 0. The van der Waals surface area contributed by atoms with Gasteiger partial charge in [0.25, 0.3) is 0 Å². The first kappa shape index (κ1) is 13.1. The molecule has 1 unspecified atom stereocenters. The second-order valence-electron chi connectivity index (χ2n) is 4.11. The molecule has 3 nitrogen and oxygen atoms in total. The second-order valence-corrected chi connectivity index (χ2v) is 4.51. The van der Waals surface area contributed by atoms with E-state index in [2.05, 4.69) is 5.10 Å². The van der Waals surface area contributed by atoms with Crippen molar-refractivity contribution in [3.8, 4) is 0 Å². The quantitative estimate of drug-likeness (QED) is 0.925. The fourth-order valence-corrected chi connectivity index (χ4v) is 2.00. The van der Waals surface area contributed by atoms with Crippen LogP contribution in [0.1, 0.15) is 30.6 Å². The molecule has 0 spiro atoms. The zero-order chi connectivity index (χ0) is 13.1. The monoisotopic (exact) mass is 268 g/mol. The number of benzene rings is 1. The number of nitrogens with zero attached hydrogens (tertiary/aromatic N) is 2. The minimum atomic E-state index is -0.959. The summed E-state index contributed by atoms with van der Waals surface area (Å²) in [6.07, 6.45) is 3.31. The highest BCUT2D eigenvalue weighted by molar-refractivity contribution is 6.31. The van der Waals surface area contributed by atoms with Crippen molar-refractivity contribution in [3.05, 3.63) is 52.6 Å². The van der Waals surface area contributed by atoms with Crippen molar-refractivity contribution >= 4 is 11.6 Å². The molecule has 0 bridgehead atoms. The van der Waals surface area contributed by atoms with Crippen LogP contribution in [0.25, 0.3) is 0 Å². The third kappa shape index (κ3) is 2.71. The molecular weight excluding hydrogens is 255 g/mol. The van der Waals surface area contributed by atoms with Gasteiger partial charge < -0.3 is 5.11 Å². The van der Waals surface area contributed by atoms with E-state index in [1.54, 1.807) is 17.1 Å². The van der Waals surface area contributed by atoms with Crippen molar-refractivity contribution in [2.75, 3.05) is 0 Å². The van der Waals surface area contributed by atoms with Gasteiger partial charge in [0.2, 0.25) is 0 Å². The standard InChI is InChI=1S/C13H14ClFN2O/c1-2-5-17-8-9(7-16-17)13(18)11-6-10(15)3-4-12(11)14/h3-4,6-8,13,18H,2,5H2,1H3. The minimum absolute atomic E-state index is 0.340. The molecule has 0 saturated heterocycles. The SMILES string of the molecule is CCCn1cc(C(O)c2cc(F)ccc2Cl)cn1. The molecule has 1 aromatic heterocycles. The van der Waals surface area contributed by atoms with Crippen molar-refractivity contribution in [3.63, 3.8) is 0 Å². The summed E-state index contributed by atoms with van der Waals surface area (Å²) >= 11 is 5.96. The van der Waals surface area contributed by atoms with Gasteiger partial charge in [-0.2, -0.15) is 5.10 Å². The van der Waals surface area contributed by atoms with E-state index in [0.717, 1.165) is 13.0 Å². The van der Waals surface area contributed by atoms with Gasteiger partial charge in [0.05, 0.1) is 6.20 Å². The van der Waals surface area contributed by atoms with E-state index in [0.29, 0.717) is 16.1 Å². The molecule has 0 aliphatic rings.